The number of nitrogens with one attached hydrogen (secondary N) is 1. The van der Waals surface area contributed by atoms with Gasteiger partial charge in [0.1, 0.15) is 24.5 Å². The number of ether oxygens (including phenoxy) is 1. The van der Waals surface area contributed by atoms with Crippen LogP contribution in [0.4, 0.5) is 5.69 Å². The maximum absolute atomic E-state index is 8.56. The minimum absolute atomic E-state index is 0.213. The summed E-state index contributed by atoms with van der Waals surface area (Å²) in [5, 5.41) is 20.8. The molecule has 1 aromatic carbocycles. The van der Waals surface area contributed by atoms with E-state index in [0.29, 0.717) is 12.3 Å². The number of benzene rings is 1. The number of hydrogen-bond acceptors (Lipinski definition) is 6. The Kier molecular flexibility index (Phi) is 7.34. The summed E-state index contributed by atoms with van der Waals surface area (Å²) in [6.07, 6.45) is 0. The molecule has 0 bridgehead atoms. The van der Waals surface area contributed by atoms with E-state index in [1.165, 1.54) is 0 Å². The van der Waals surface area contributed by atoms with Gasteiger partial charge in [0.25, 0.3) is 0 Å². The number of nitrogens with zero attached hydrogens (tertiary/aromatic N) is 4. The van der Waals surface area contributed by atoms with Gasteiger partial charge in [-0.3, -0.25) is 5.43 Å². The molecule has 0 heterocycles. The minimum atomic E-state index is -0.213. The van der Waals surface area contributed by atoms with Crippen molar-refractivity contribution in [3.05, 3.63) is 24.3 Å². The zero-order chi connectivity index (χ0) is 15.5. The van der Waals surface area contributed by atoms with Crippen LogP contribution in [-0.4, -0.2) is 36.9 Å². The van der Waals surface area contributed by atoms with Crippen LogP contribution in [0.1, 0.15) is 13.8 Å². The van der Waals surface area contributed by atoms with E-state index in [-0.39, 0.29) is 5.71 Å². The molecule has 1 aromatic rings. The second kappa shape index (κ2) is 9.35. The second-order valence-corrected chi connectivity index (χ2v) is 4.20. The van der Waals surface area contributed by atoms with Crippen LogP contribution in [-0.2, 0) is 0 Å². The number of likely N-dealkylation sites (N-methyl/N-ethyl adjacent to an activating group) is 1. The summed E-state index contributed by atoms with van der Waals surface area (Å²) in [7, 11) is 0. The van der Waals surface area contributed by atoms with Crippen LogP contribution in [0.5, 0.6) is 5.75 Å². The third kappa shape index (κ3) is 5.94. The number of hydrazone groups is 1. The lowest BCUT2D eigenvalue weighted by molar-refractivity contribution is 0.223. The first-order valence-corrected chi connectivity index (χ1v) is 6.82. The SMILES string of the molecule is CCN(CC)CCOc1ccc(NN=C(C#N)C#N)cc1. The van der Waals surface area contributed by atoms with Gasteiger partial charge in [0.2, 0.25) is 5.71 Å². The zero-order valence-corrected chi connectivity index (χ0v) is 12.3. The maximum atomic E-state index is 8.56. The topological polar surface area (TPSA) is 84.4 Å². The average molecular weight is 285 g/mol. The number of anilines is 1. The van der Waals surface area contributed by atoms with Gasteiger partial charge in [-0.1, -0.05) is 13.8 Å². The Labute approximate surface area is 125 Å². The van der Waals surface area contributed by atoms with E-state index in [2.05, 4.69) is 29.3 Å². The fourth-order valence-corrected chi connectivity index (χ4v) is 1.65. The van der Waals surface area contributed by atoms with Gasteiger partial charge in [-0.25, -0.2) is 0 Å². The summed E-state index contributed by atoms with van der Waals surface area (Å²) in [6, 6.07) is 10.6. The zero-order valence-electron chi connectivity index (χ0n) is 12.3. The third-order valence-electron chi connectivity index (χ3n) is 2.93. The van der Waals surface area contributed by atoms with E-state index in [4.69, 9.17) is 15.3 Å². The molecule has 0 aliphatic heterocycles. The van der Waals surface area contributed by atoms with Crippen molar-refractivity contribution in [2.45, 2.75) is 13.8 Å². The van der Waals surface area contributed by atoms with Gasteiger partial charge in [0.15, 0.2) is 0 Å². The Morgan fingerprint density at radius 2 is 1.81 bits per heavy atom. The lowest BCUT2D eigenvalue weighted by Crippen LogP contribution is -2.27. The smallest absolute Gasteiger partial charge is 0.237 e. The van der Waals surface area contributed by atoms with Crippen molar-refractivity contribution < 1.29 is 4.74 Å². The summed E-state index contributed by atoms with van der Waals surface area (Å²) in [5.74, 6) is 0.775. The molecule has 0 atom stereocenters. The van der Waals surface area contributed by atoms with E-state index in [1.54, 1.807) is 24.3 Å². The van der Waals surface area contributed by atoms with E-state index in [0.717, 1.165) is 25.4 Å². The average Bonchev–Trinajstić information content (AvgIpc) is 2.54. The van der Waals surface area contributed by atoms with Crippen molar-refractivity contribution in [1.82, 2.24) is 4.90 Å². The van der Waals surface area contributed by atoms with E-state index >= 15 is 0 Å². The predicted octanol–water partition coefficient (Wildman–Crippen LogP) is 2.22. The molecular weight excluding hydrogens is 266 g/mol. The molecule has 6 heteroatoms. The molecule has 6 nitrogen and oxygen atoms in total. The molecule has 1 rings (SSSR count). The Balaban J connectivity index is 2.46. The third-order valence-corrected chi connectivity index (χ3v) is 2.93. The Bertz CT molecular complexity index is 519. The van der Waals surface area contributed by atoms with Crippen LogP contribution >= 0.6 is 0 Å². The van der Waals surface area contributed by atoms with Crippen molar-refractivity contribution in [2.75, 3.05) is 31.7 Å². The molecule has 0 saturated heterocycles. The van der Waals surface area contributed by atoms with Crippen LogP contribution in [0.15, 0.2) is 29.4 Å². The first-order chi connectivity index (χ1) is 10.2. The highest BCUT2D eigenvalue weighted by Crippen LogP contribution is 2.15. The van der Waals surface area contributed by atoms with Crippen LogP contribution in [0.3, 0.4) is 0 Å². The maximum Gasteiger partial charge on any atom is 0.237 e. The molecule has 0 saturated carbocycles. The summed E-state index contributed by atoms with van der Waals surface area (Å²) < 4.78 is 5.65. The van der Waals surface area contributed by atoms with E-state index in [1.807, 2.05) is 12.1 Å². The molecule has 0 radical (unpaired) electrons. The lowest BCUT2D eigenvalue weighted by Gasteiger charge is -2.18. The van der Waals surface area contributed by atoms with Gasteiger partial charge in [-0.2, -0.15) is 15.6 Å². The standard InChI is InChI=1S/C15H19N5O/c1-3-20(4-2)9-10-21-15-7-5-13(6-8-15)18-19-14(11-16)12-17/h5-8,18H,3-4,9-10H2,1-2H3. The molecule has 0 spiro atoms. The highest BCUT2D eigenvalue weighted by molar-refractivity contribution is 6.10. The first kappa shape index (κ1) is 16.5. The Morgan fingerprint density at radius 3 is 2.33 bits per heavy atom. The van der Waals surface area contributed by atoms with Gasteiger partial charge in [-0.05, 0) is 37.4 Å². The molecule has 21 heavy (non-hydrogen) atoms. The molecule has 0 unspecified atom stereocenters. The van der Waals surface area contributed by atoms with Crippen molar-refractivity contribution in [3.8, 4) is 17.9 Å². The second-order valence-electron chi connectivity index (χ2n) is 4.20. The van der Waals surface area contributed by atoms with Gasteiger partial charge in [0.05, 0.1) is 5.69 Å². The van der Waals surface area contributed by atoms with Gasteiger partial charge >= 0.3 is 0 Å². The summed E-state index contributed by atoms with van der Waals surface area (Å²) in [4.78, 5) is 2.29. The van der Waals surface area contributed by atoms with E-state index < -0.39 is 0 Å². The van der Waals surface area contributed by atoms with Crippen molar-refractivity contribution >= 4 is 11.4 Å². The fourth-order valence-electron chi connectivity index (χ4n) is 1.65. The van der Waals surface area contributed by atoms with Crippen molar-refractivity contribution in [2.24, 2.45) is 5.10 Å². The number of rotatable bonds is 8. The van der Waals surface area contributed by atoms with Gasteiger partial charge in [-0.15, -0.1) is 0 Å². The highest BCUT2D eigenvalue weighted by atomic mass is 16.5. The van der Waals surface area contributed by atoms with Gasteiger partial charge in [0, 0.05) is 6.54 Å². The van der Waals surface area contributed by atoms with Crippen LogP contribution in [0, 0.1) is 22.7 Å². The normalized spacial score (nSPS) is 9.57. The number of nitriles is 2. The van der Waals surface area contributed by atoms with Crippen LogP contribution < -0.4 is 10.2 Å². The van der Waals surface area contributed by atoms with Crippen LogP contribution in [0.2, 0.25) is 0 Å². The van der Waals surface area contributed by atoms with Crippen molar-refractivity contribution in [1.29, 1.82) is 10.5 Å². The molecule has 0 aromatic heterocycles. The first-order valence-electron chi connectivity index (χ1n) is 6.82. The quantitative estimate of drug-likeness (QED) is 0.585. The molecular formula is C15H19N5O. The molecule has 1 N–H and O–H groups in total. The lowest BCUT2D eigenvalue weighted by atomic mass is 10.3. The molecule has 0 aliphatic rings. The predicted molar refractivity (Wildman–Crippen MR) is 82.0 cm³/mol. The summed E-state index contributed by atoms with van der Waals surface area (Å²) in [5.41, 5.74) is 3.12. The molecule has 0 aliphatic carbocycles. The van der Waals surface area contributed by atoms with Gasteiger partial charge < -0.3 is 9.64 Å². The van der Waals surface area contributed by atoms with E-state index in [9.17, 15) is 0 Å². The minimum Gasteiger partial charge on any atom is -0.492 e. The number of hydrogen-bond donors (Lipinski definition) is 1. The summed E-state index contributed by atoms with van der Waals surface area (Å²) >= 11 is 0. The molecule has 0 fully saturated rings. The fraction of sp³-hybridized carbons (Fsp3) is 0.400. The monoisotopic (exact) mass is 285 g/mol. The molecule has 0 amide bonds. The highest BCUT2D eigenvalue weighted by Gasteiger charge is 2.00. The summed E-state index contributed by atoms with van der Waals surface area (Å²) in [6.45, 7) is 7.81. The molecule has 110 valence electrons. The van der Waals surface area contributed by atoms with Crippen molar-refractivity contribution in [3.63, 3.8) is 0 Å². The Hall–Kier alpha value is -2.57. The largest absolute Gasteiger partial charge is 0.492 e. The van der Waals surface area contributed by atoms with Crippen LogP contribution in [0.25, 0.3) is 0 Å². The Morgan fingerprint density at radius 1 is 1.19 bits per heavy atom.